The summed E-state index contributed by atoms with van der Waals surface area (Å²) in [6.45, 7) is 8.61. The van der Waals surface area contributed by atoms with Gasteiger partial charge in [-0.25, -0.2) is 0 Å². The molecule has 0 spiro atoms. The van der Waals surface area contributed by atoms with Crippen LogP contribution in [0.1, 0.15) is 45.2 Å². The number of carbonyl (C=O) groups is 1. The number of carbonyl (C=O) groups excluding carboxylic acids is 1. The lowest BCUT2D eigenvalue weighted by atomic mass is 9.87. The van der Waals surface area contributed by atoms with Gasteiger partial charge in [0.15, 0.2) is 0 Å². The predicted octanol–water partition coefficient (Wildman–Crippen LogP) is 3.96. The number of allylic oxidation sites excluding steroid dienone is 1. The van der Waals surface area contributed by atoms with E-state index in [-0.39, 0.29) is 17.3 Å². The smallest absolute Gasteiger partial charge is 0.313 e. The number of hydrogen-bond donors (Lipinski definition) is 0. The number of ether oxygens (including phenoxy) is 2. The van der Waals surface area contributed by atoms with Gasteiger partial charge in [0.25, 0.3) is 0 Å². The monoisotopic (exact) mass is 288 g/mol. The molecule has 0 heterocycles. The maximum atomic E-state index is 12.2. The van der Waals surface area contributed by atoms with Crippen LogP contribution < -0.4 is 4.74 Å². The van der Waals surface area contributed by atoms with E-state index in [0.29, 0.717) is 6.61 Å². The first kappa shape index (κ1) is 15.6. The highest BCUT2D eigenvalue weighted by Crippen LogP contribution is 2.45. The van der Waals surface area contributed by atoms with Gasteiger partial charge in [0.05, 0.1) is 19.6 Å². The van der Waals surface area contributed by atoms with Gasteiger partial charge < -0.3 is 9.47 Å². The third-order valence-electron chi connectivity index (χ3n) is 4.10. The van der Waals surface area contributed by atoms with Crippen molar-refractivity contribution in [3.63, 3.8) is 0 Å². The van der Waals surface area contributed by atoms with E-state index in [1.54, 1.807) is 7.11 Å². The number of esters is 1. The fraction of sp³-hybridized carbons (Fsp3) is 0.500. The van der Waals surface area contributed by atoms with Crippen LogP contribution in [-0.2, 0) is 14.9 Å². The van der Waals surface area contributed by atoms with Crippen LogP contribution in [0.15, 0.2) is 24.3 Å². The molecule has 1 atom stereocenters. The minimum Gasteiger partial charge on any atom is -0.497 e. The summed E-state index contributed by atoms with van der Waals surface area (Å²) in [5, 5.41) is 0. The molecule has 1 aliphatic carbocycles. The molecule has 0 radical (unpaired) electrons. The molecular weight excluding hydrogens is 264 g/mol. The Hall–Kier alpha value is -1.77. The highest BCUT2D eigenvalue weighted by molar-refractivity contribution is 5.92. The van der Waals surface area contributed by atoms with Crippen molar-refractivity contribution in [3.8, 4) is 5.75 Å². The molecule has 3 heteroatoms. The molecule has 2 rings (SSSR count). The normalized spacial score (nSPS) is 16.9. The number of methoxy groups -OCH3 is 1. The number of hydrogen-bond acceptors (Lipinski definition) is 3. The fourth-order valence-corrected chi connectivity index (χ4v) is 3.02. The van der Waals surface area contributed by atoms with E-state index in [1.165, 1.54) is 5.56 Å². The van der Waals surface area contributed by atoms with Crippen LogP contribution in [0, 0.1) is 5.92 Å². The Labute approximate surface area is 127 Å². The van der Waals surface area contributed by atoms with E-state index >= 15 is 0 Å². The van der Waals surface area contributed by atoms with E-state index in [4.69, 9.17) is 9.47 Å². The fourth-order valence-electron chi connectivity index (χ4n) is 3.02. The molecule has 0 saturated heterocycles. The van der Waals surface area contributed by atoms with E-state index in [0.717, 1.165) is 23.3 Å². The summed E-state index contributed by atoms with van der Waals surface area (Å²) in [6.07, 6.45) is 2.94. The third-order valence-corrected chi connectivity index (χ3v) is 4.10. The maximum absolute atomic E-state index is 12.2. The maximum Gasteiger partial charge on any atom is 0.313 e. The van der Waals surface area contributed by atoms with E-state index in [1.807, 2.05) is 19.9 Å². The quantitative estimate of drug-likeness (QED) is 0.769. The van der Waals surface area contributed by atoms with Gasteiger partial charge in [0, 0.05) is 5.41 Å². The van der Waals surface area contributed by atoms with Crippen molar-refractivity contribution < 1.29 is 14.3 Å². The molecule has 0 saturated carbocycles. The molecule has 0 N–H and O–H groups in total. The molecular formula is C18H24O3. The van der Waals surface area contributed by atoms with Gasteiger partial charge >= 0.3 is 5.97 Å². The van der Waals surface area contributed by atoms with Gasteiger partial charge in [-0.2, -0.15) is 0 Å². The lowest BCUT2D eigenvalue weighted by Gasteiger charge is -2.18. The Morgan fingerprint density at radius 2 is 2.00 bits per heavy atom. The van der Waals surface area contributed by atoms with Gasteiger partial charge in [0.1, 0.15) is 5.75 Å². The van der Waals surface area contributed by atoms with Crippen LogP contribution in [-0.4, -0.2) is 19.7 Å². The highest BCUT2D eigenvalue weighted by Gasteiger charge is 2.35. The van der Waals surface area contributed by atoms with E-state index in [9.17, 15) is 4.79 Å². The second-order valence-corrected chi connectivity index (χ2v) is 5.95. The zero-order valence-corrected chi connectivity index (χ0v) is 13.5. The second kappa shape index (κ2) is 5.92. The SMILES string of the molecule is CCOC(=O)C(CC)C1=CC(C)(C)c2cc(OC)ccc21. The first-order valence-electron chi connectivity index (χ1n) is 7.52. The van der Waals surface area contributed by atoms with Crippen molar-refractivity contribution in [2.45, 2.75) is 39.5 Å². The topological polar surface area (TPSA) is 35.5 Å². The Bertz CT molecular complexity index is 570. The zero-order chi connectivity index (χ0) is 15.6. The number of fused-ring (bicyclic) bond motifs is 1. The largest absolute Gasteiger partial charge is 0.497 e. The van der Waals surface area contributed by atoms with Gasteiger partial charge in [-0.05, 0) is 42.2 Å². The van der Waals surface area contributed by atoms with Crippen LogP contribution in [0.2, 0.25) is 0 Å². The summed E-state index contributed by atoms with van der Waals surface area (Å²) >= 11 is 0. The van der Waals surface area contributed by atoms with Crippen molar-refractivity contribution in [2.75, 3.05) is 13.7 Å². The van der Waals surface area contributed by atoms with Crippen LogP contribution in [0.25, 0.3) is 5.57 Å². The van der Waals surface area contributed by atoms with Crippen molar-refractivity contribution in [2.24, 2.45) is 5.92 Å². The second-order valence-electron chi connectivity index (χ2n) is 5.95. The first-order chi connectivity index (χ1) is 9.94. The van der Waals surface area contributed by atoms with Crippen LogP contribution in [0.3, 0.4) is 0 Å². The van der Waals surface area contributed by atoms with Crippen LogP contribution >= 0.6 is 0 Å². The molecule has 21 heavy (non-hydrogen) atoms. The van der Waals surface area contributed by atoms with E-state index in [2.05, 4.69) is 32.1 Å². The summed E-state index contributed by atoms with van der Waals surface area (Å²) in [7, 11) is 1.67. The molecule has 0 aliphatic heterocycles. The summed E-state index contributed by atoms with van der Waals surface area (Å²) in [5.74, 6) is 0.519. The van der Waals surface area contributed by atoms with Crippen molar-refractivity contribution in [1.29, 1.82) is 0 Å². The molecule has 1 aromatic carbocycles. The minimum absolute atomic E-state index is 0.0981. The predicted molar refractivity (Wildman–Crippen MR) is 84.4 cm³/mol. The summed E-state index contributed by atoms with van der Waals surface area (Å²) in [5.41, 5.74) is 3.33. The summed E-state index contributed by atoms with van der Waals surface area (Å²) in [4.78, 5) is 12.2. The molecule has 1 aliphatic rings. The first-order valence-corrected chi connectivity index (χ1v) is 7.52. The highest BCUT2D eigenvalue weighted by atomic mass is 16.5. The van der Waals surface area contributed by atoms with Crippen molar-refractivity contribution >= 4 is 11.5 Å². The van der Waals surface area contributed by atoms with Gasteiger partial charge in [-0.1, -0.05) is 32.9 Å². The lowest BCUT2D eigenvalue weighted by molar-refractivity contribution is -0.145. The third kappa shape index (κ3) is 2.82. The number of benzene rings is 1. The van der Waals surface area contributed by atoms with Crippen molar-refractivity contribution in [3.05, 3.63) is 35.4 Å². The Morgan fingerprint density at radius 3 is 2.57 bits per heavy atom. The molecule has 0 fully saturated rings. The average Bonchev–Trinajstić information content (AvgIpc) is 2.71. The molecule has 3 nitrogen and oxygen atoms in total. The molecule has 0 bridgehead atoms. The Balaban J connectivity index is 2.46. The van der Waals surface area contributed by atoms with Crippen LogP contribution in [0.5, 0.6) is 5.75 Å². The standard InChI is InChI=1S/C18H24O3/c1-6-13(17(19)21-7-2)15-11-18(3,4)16-10-12(20-5)8-9-14(15)16/h8-11,13H,6-7H2,1-5H3. The Kier molecular flexibility index (Phi) is 4.40. The van der Waals surface area contributed by atoms with Gasteiger partial charge in [0.2, 0.25) is 0 Å². The average molecular weight is 288 g/mol. The molecule has 0 aromatic heterocycles. The Morgan fingerprint density at radius 1 is 1.29 bits per heavy atom. The van der Waals surface area contributed by atoms with Gasteiger partial charge in [-0.3, -0.25) is 4.79 Å². The minimum atomic E-state index is -0.195. The summed E-state index contributed by atoms with van der Waals surface area (Å²) < 4.78 is 10.6. The van der Waals surface area contributed by atoms with Crippen molar-refractivity contribution in [1.82, 2.24) is 0 Å². The van der Waals surface area contributed by atoms with Crippen LogP contribution in [0.4, 0.5) is 0 Å². The van der Waals surface area contributed by atoms with Gasteiger partial charge in [-0.15, -0.1) is 0 Å². The molecule has 114 valence electrons. The molecule has 0 amide bonds. The summed E-state index contributed by atoms with van der Waals surface area (Å²) in [6, 6.07) is 6.07. The lowest BCUT2D eigenvalue weighted by Crippen LogP contribution is -2.18. The number of rotatable bonds is 5. The molecule has 1 aromatic rings. The zero-order valence-electron chi connectivity index (χ0n) is 13.5. The molecule has 1 unspecified atom stereocenters. The van der Waals surface area contributed by atoms with E-state index < -0.39 is 0 Å².